The molecule has 0 aliphatic carbocycles. The molecule has 1 fully saturated rings. The van der Waals surface area contributed by atoms with Crippen molar-refractivity contribution in [2.24, 2.45) is 0 Å². The number of hydrogen-bond donors (Lipinski definition) is 2. The summed E-state index contributed by atoms with van der Waals surface area (Å²) in [6, 6.07) is 6.44. The molecule has 1 atom stereocenters. The van der Waals surface area contributed by atoms with Crippen LogP contribution in [-0.2, 0) is 14.4 Å². The molecule has 0 bridgehead atoms. The first kappa shape index (κ1) is 19.3. The molecule has 0 radical (unpaired) electrons. The quantitative estimate of drug-likeness (QED) is 0.541. The lowest BCUT2D eigenvalue weighted by atomic mass is 10.1. The Morgan fingerprint density at radius 2 is 1.78 bits per heavy atom. The SMILES string of the molecule is CN1CCN(CCCNC(=O)C(=O)N[C@H]2C(=O)N(C)c3ccccc32)CC1. The summed E-state index contributed by atoms with van der Waals surface area (Å²) in [7, 11) is 3.77. The maximum atomic E-state index is 12.3. The Labute approximate surface area is 159 Å². The fourth-order valence-electron chi connectivity index (χ4n) is 3.47. The van der Waals surface area contributed by atoms with Gasteiger partial charge in [0.25, 0.3) is 5.91 Å². The van der Waals surface area contributed by atoms with Crippen LogP contribution in [0, 0.1) is 0 Å². The van der Waals surface area contributed by atoms with E-state index in [9.17, 15) is 14.4 Å². The molecule has 27 heavy (non-hydrogen) atoms. The molecular formula is C19H27N5O3. The maximum Gasteiger partial charge on any atom is 0.310 e. The van der Waals surface area contributed by atoms with Gasteiger partial charge < -0.3 is 25.3 Å². The highest BCUT2D eigenvalue weighted by molar-refractivity contribution is 6.35. The van der Waals surface area contributed by atoms with Crippen molar-refractivity contribution >= 4 is 23.4 Å². The molecule has 1 aromatic carbocycles. The number of piperazine rings is 1. The summed E-state index contributed by atoms with van der Waals surface area (Å²) in [6.07, 6.45) is 0.788. The van der Waals surface area contributed by atoms with Crippen LogP contribution in [0.25, 0.3) is 0 Å². The fourth-order valence-corrected chi connectivity index (χ4v) is 3.47. The molecular weight excluding hydrogens is 346 g/mol. The number of carbonyl (C=O) groups is 3. The lowest BCUT2D eigenvalue weighted by Crippen LogP contribution is -2.46. The largest absolute Gasteiger partial charge is 0.348 e. The molecule has 0 unspecified atom stereocenters. The van der Waals surface area contributed by atoms with E-state index in [0.717, 1.165) is 44.8 Å². The summed E-state index contributed by atoms with van der Waals surface area (Å²) in [6.45, 7) is 5.51. The second kappa shape index (κ2) is 8.49. The van der Waals surface area contributed by atoms with Gasteiger partial charge in [-0.05, 0) is 26.1 Å². The molecule has 3 rings (SSSR count). The molecule has 1 aromatic rings. The van der Waals surface area contributed by atoms with Gasteiger partial charge in [-0.3, -0.25) is 14.4 Å². The van der Waals surface area contributed by atoms with Gasteiger partial charge in [-0.15, -0.1) is 0 Å². The van der Waals surface area contributed by atoms with Crippen LogP contribution in [0.2, 0.25) is 0 Å². The minimum atomic E-state index is -0.810. The first-order chi connectivity index (χ1) is 13.0. The molecule has 0 saturated carbocycles. The van der Waals surface area contributed by atoms with Crippen LogP contribution < -0.4 is 15.5 Å². The molecule has 3 amide bonds. The number of likely N-dealkylation sites (N-methyl/N-ethyl adjacent to an activating group) is 2. The topological polar surface area (TPSA) is 85.0 Å². The van der Waals surface area contributed by atoms with Crippen LogP contribution in [0.5, 0.6) is 0 Å². The number of fused-ring (bicyclic) bond motifs is 1. The second-order valence-electron chi connectivity index (χ2n) is 7.12. The van der Waals surface area contributed by atoms with Gasteiger partial charge in [-0.1, -0.05) is 18.2 Å². The van der Waals surface area contributed by atoms with Crippen molar-refractivity contribution in [1.29, 1.82) is 0 Å². The van der Waals surface area contributed by atoms with Crippen molar-refractivity contribution < 1.29 is 14.4 Å². The van der Waals surface area contributed by atoms with E-state index in [1.165, 1.54) is 4.90 Å². The zero-order chi connectivity index (χ0) is 19.4. The van der Waals surface area contributed by atoms with E-state index in [4.69, 9.17) is 0 Å². The van der Waals surface area contributed by atoms with Crippen LogP contribution in [-0.4, -0.2) is 80.9 Å². The summed E-state index contributed by atoms with van der Waals surface area (Å²) in [5, 5.41) is 5.19. The minimum absolute atomic E-state index is 0.243. The predicted molar refractivity (Wildman–Crippen MR) is 102 cm³/mol. The summed E-state index contributed by atoms with van der Waals surface area (Å²) in [5.74, 6) is -1.72. The Morgan fingerprint density at radius 3 is 2.52 bits per heavy atom. The van der Waals surface area contributed by atoms with E-state index in [2.05, 4.69) is 27.5 Å². The molecule has 2 N–H and O–H groups in total. The predicted octanol–water partition coefficient (Wildman–Crippen LogP) is -0.426. The smallest absolute Gasteiger partial charge is 0.310 e. The summed E-state index contributed by atoms with van der Waals surface area (Å²) < 4.78 is 0. The van der Waals surface area contributed by atoms with E-state index in [1.54, 1.807) is 13.1 Å². The van der Waals surface area contributed by atoms with Crippen molar-refractivity contribution in [3.05, 3.63) is 29.8 Å². The van der Waals surface area contributed by atoms with Gasteiger partial charge in [0.05, 0.1) is 0 Å². The van der Waals surface area contributed by atoms with Gasteiger partial charge in [0.1, 0.15) is 6.04 Å². The zero-order valence-electron chi connectivity index (χ0n) is 15.9. The molecule has 2 heterocycles. The third-order valence-electron chi connectivity index (χ3n) is 5.20. The number of amides is 3. The van der Waals surface area contributed by atoms with Crippen molar-refractivity contribution in [3.63, 3.8) is 0 Å². The van der Waals surface area contributed by atoms with Gasteiger partial charge in [-0.2, -0.15) is 0 Å². The Hall–Kier alpha value is -2.45. The van der Waals surface area contributed by atoms with E-state index in [-0.39, 0.29) is 5.91 Å². The molecule has 146 valence electrons. The highest BCUT2D eigenvalue weighted by atomic mass is 16.2. The first-order valence-corrected chi connectivity index (χ1v) is 9.33. The van der Waals surface area contributed by atoms with Crippen LogP contribution in [0.1, 0.15) is 18.0 Å². The zero-order valence-corrected chi connectivity index (χ0v) is 15.9. The Balaban J connectivity index is 1.43. The maximum absolute atomic E-state index is 12.3. The number of nitrogens with one attached hydrogen (secondary N) is 2. The molecule has 1 saturated heterocycles. The number of para-hydroxylation sites is 1. The van der Waals surface area contributed by atoms with E-state index < -0.39 is 17.9 Å². The minimum Gasteiger partial charge on any atom is -0.348 e. The summed E-state index contributed by atoms with van der Waals surface area (Å²) in [4.78, 5) is 42.7. The third kappa shape index (κ3) is 4.45. The fraction of sp³-hybridized carbons (Fsp3) is 0.526. The number of carbonyl (C=O) groups excluding carboxylic acids is 3. The highest BCUT2D eigenvalue weighted by Crippen LogP contribution is 2.34. The molecule has 8 heteroatoms. The third-order valence-corrected chi connectivity index (χ3v) is 5.20. The average molecular weight is 373 g/mol. The average Bonchev–Trinajstić information content (AvgIpc) is 2.91. The van der Waals surface area contributed by atoms with E-state index in [0.29, 0.717) is 12.1 Å². The first-order valence-electron chi connectivity index (χ1n) is 9.33. The number of hydrogen-bond acceptors (Lipinski definition) is 5. The monoisotopic (exact) mass is 373 g/mol. The van der Waals surface area contributed by atoms with Crippen molar-refractivity contribution in [2.75, 3.05) is 58.3 Å². The lowest BCUT2D eigenvalue weighted by molar-refractivity contribution is -0.140. The molecule has 2 aliphatic heterocycles. The van der Waals surface area contributed by atoms with Crippen LogP contribution >= 0.6 is 0 Å². The van der Waals surface area contributed by atoms with Gasteiger partial charge in [0.2, 0.25) is 0 Å². The second-order valence-corrected chi connectivity index (χ2v) is 7.12. The van der Waals surface area contributed by atoms with E-state index in [1.807, 2.05) is 18.2 Å². The summed E-state index contributed by atoms with van der Waals surface area (Å²) in [5.41, 5.74) is 1.46. The van der Waals surface area contributed by atoms with Crippen molar-refractivity contribution in [2.45, 2.75) is 12.5 Å². The van der Waals surface area contributed by atoms with E-state index >= 15 is 0 Å². The summed E-state index contributed by atoms with van der Waals surface area (Å²) >= 11 is 0. The number of benzene rings is 1. The Morgan fingerprint density at radius 1 is 1.07 bits per heavy atom. The molecule has 2 aliphatic rings. The van der Waals surface area contributed by atoms with Gasteiger partial charge in [0.15, 0.2) is 0 Å². The van der Waals surface area contributed by atoms with Crippen LogP contribution in [0.4, 0.5) is 5.69 Å². The molecule has 0 spiro atoms. The van der Waals surface area contributed by atoms with Gasteiger partial charge in [0, 0.05) is 51.0 Å². The highest BCUT2D eigenvalue weighted by Gasteiger charge is 2.36. The van der Waals surface area contributed by atoms with Crippen molar-refractivity contribution in [1.82, 2.24) is 20.4 Å². The van der Waals surface area contributed by atoms with Crippen molar-refractivity contribution in [3.8, 4) is 0 Å². The molecule has 0 aromatic heterocycles. The van der Waals surface area contributed by atoms with Crippen LogP contribution in [0.15, 0.2) is 24.3 Å². The number of nitrogens with zero attached hydrogens (tertiary/aromatic N) is 3. The Bertz CT molecular complexity index is 715. The van der Waals surface area contributed by atoms with Crippen LogP contribution in [0.3, 0.4) is 0 Å². The van der Waals surface area contributed by atoms with Gasteiger partial charge in [-0.25, -0.2) is 0 Å². The van der Waals surface area contributed by atoms with Gasteiger partial charge >= 0.3 is 11.8 Å². The Kier molecular flexibility index (Phi) is 6.08. The number of rotatable bonds is 5. The number of anilines is 1. The lowest BCUT2D eigenvalue weighted by Gasteiger charge is -2.32. The molecule has 8 nitrogen and oxygen atoms in total. The normalized spacial score (nSPS) is 20.4. The standard InChI is InChI=1S/C19H27N5O3/c1-22-10-12-24(13-11-22)9-5-8-20-17(25)18(26)21-16-14-6-3-4-7-15(14)23(2)19(16)27/h3-4,6-7,16H,5,8-13H2,1-2H3,(H,20,25)(H,21,26)/t16-/m1/s1.